The minimum atomic E-state index is -0.204. The molecule has 2 unspecified atom stereocenters. The molecule has 1 fully saturated rings. The van der Waals surface area contributed by atoms with Crippen molar-refractivity contribution < 1.29 is 9.84 Å². The molecule has 1 heterocycles. The number of hydrogen-bond donors (Lipinski definition) is 1. The molecule has 1 aliphatic heterocycles. The molecule has 0 aliphatic carbocycles. The highest BCUT2D eigenvalue weighted by Gasteiger charge is 2.25. The Bertz CT molecular complexity index is 433. The number of nitrogens with zero attached hydrogens (tertiary/aromatic N) is 1. The number of rotatable bonds is 5. The quantitative estimate of drug-likeness (QED) is 0.820. The smallest absolute Gasteiger partial charge is 0.148 e. The number of aliphatic hydroxyl groups is 1. The zero-order valence-corrected chi connectivity index (χ0v) is 11.4. The van der Waals surface area contributed by atoms with E-state index in [0.29, 0.717) is 12.5 Å². The van der Waals surface area contributed by atoms with Crippen LogP contribution in [0, 0.1) is 18.3 Å². The lowest BCUT2D eigenvalue weighted by Crippen LogP contribution is -2.23. The first-order chi connectivity index (χ1) is 9.19. The van der Waals surface area contributed by atoms with Crippen LogP contribution in [-0.4, -0.2) is 35.8 Å². The Morgan fingerprint density at radius 3 is 2.79 bits per heavy atom. The largest absolute Gasteiger partial charge is 0.481 e. The van der Waals surface area contributed by atoms with Crippen LogP contribution in [0.4, 0.5) is 0 Å². The Morgan fingerprint density at radius 1 is 1.47 bits per heavy atom. The number of likely N-dealkylation sites (tertiary alicyclic amines) is 1. The summed E-state index contributed by atoms with van der Waals surface area (Å²) in [5, 5.41) is 9.60. The zero-order valence-electron chi connectivity index (χ0n) is 11.4. The van der Waals surface area contributed by atoms with Crippen LogP contribution in [0.3, 0.4) is 0 Å². The molecular formula is C16H21NO2. The van der Waals surface area contributed by atoms with Gasteiger partial charge in [-0.15, -0.1) is 6.42 Å². The van der Waals surface area contributed by atoms with Crippen LogP contribution in [0.1, 0.15) is 18.9 Å². The van der Waals surface area contributed by atoms with Gasteiger partial charge in [0.2, 0.25) is 0 Å². The van der Waals surface area contributed by atoms with Crippen molar-refractivity contribution in [3.05, 3.63) is 29.8 Å². The highest BCUT2D eigenvalue weighted by atomic mass is 16.5. The van der Waals surface area contributed by atoms with Crippen molar-refractivity contribution in [1.82, 2.24) is 4.90 Å². The van der Waals surface area contributed by atoms with Gasteiger partial charge in [0.05, 0.1) is 6.10 Å². The minimum Gasteiger partial charge on any atom is -0.481 e. The number of ether oxygens (including phenoxy) is 1. The first-order valence-corrected chi connectivity index (χ1v) is 6.74. The molecule has 19 heavy (non-hydrogen) atoms. The third-order valence-electron chi connectivity index (χ3n) is 3.64. The molecule has 1 saturated heterocycles. The summed E-state index contributed by atoms with van der Waals surface area (Å²) in [4.78, 5) is 2.38. The van der Waals surface area contributed by atoms with Gasteiger partial charge in [0.25, 0.3) is 0 Å². The lowest BCUT2D eigenvalue weighted by atomic mass is 10.0. The van der Waals surface area contributed by atoms with Crippen LogP contribution < -0.4 is 4.74 Å². The lowest BCUT2D eigenvalue weighted by Gasteiger charge is -2.17. The highest BCUT2D eigenvalue weighted by Crippen LogP contribution is 2.22. The standard InChI is InChI=1S/C16H21NO2/c1-3-10-19-16-6-4-14(5-7-16)11-17-9-8-15(12-17)13(2)18/h1,4-7,13,15,18H,8-12H2,2H3. The Morgan fingerprint density at radius 2 is 2.21 bits per heavy atom. The van der Waals surface area contributed by atoms with Gasteiger partial charge in [-0.05, 0) is 43.5 Å². The first-order valence-electron chi connectivity index (χ1n) is 6.74. The van der Waals surface area contributed by atoms with Crippen LogP contribution in [0.15, 0.2) is 24.3 Å². The van der Waals surface area contributed by atoms with Gasteiger partial charge in [-0.3, -0.25) is 4.90 Å². The Labute approximate surface area is 115 Å². The van der Waals surface area contributed by atoms with Crippen molar-refractivity contribution in [2.45, 2.75) is 26.0 Å². The maximum Gasteiger partial charge on any atom is 0.148 e. The summed E-state index contributed by atoms with van der Waals surface area (Å²) in [6.45, 7) is 5.16. The summed E-state index contributed by atoms with van der Waals surface area (Å²) in [6.07, 6.45) is 6.03. The van der Waals surface area contributed by atoms with Crippen LogP contribution in [0.25, 0.3) is 0 Å². The van der Waals surface area contributed by atoms with Crippen LogP contribution in [0.2, 0.25) is 0 Å². The van der Waals surface area contributed by atoms with E-state index in [1.54, 1.807) is 0 Å². The highest BCUT2D eigenvalue weighted by molar-refractivity contribution is 5.27. The second-order valence-corrected chi connectivity index (χ2v) is 5.16. The molecule has 1 aromatic carbocycles. The van der Waals surface area contributed by atoms with Gasteiger partial charge in [-0.2, -0.15) is 0 Å². The van der Waals surface area contributed by atoms with E-state index in [0.717, 1.165) is 31.8 Å². The molecule has 1 N–H and O–H groups in total. The fourth-order valence-corrected chi connectivity index (χ4v) is 2.47. The fourth-order valence-electron chi connectivity index (χ4n) is 2.47. The first kappa shape index (κ1) is 13.9. The fraction of sp³-hybridized carbons (Fsp3) is 0.500. The maximum absolute atomic E-state index is 9.60. The number of aliphatic hydroxyl groups excluding tert-OH is 1. The summed E-state index contributed by atoms with van der Waals surface area (Å²) in [7, 11) is 0. The maximum atomic E-state index is 9.60. The molecular weight excluding hydrogens is 238 g/mol. The summed E-state index contributed by atoms with van der Waals surface area (Å²) in [6, 6.07) is 8.05. The second kappa shape index (κ2) is 6.60. The Balaban J connectivity index is 1.85. The van der Waals surface area contributed by atoms with Gasteiger partial charge in [0.15, 0.2) is 0 Å². The molecule has 3 nitrogen and oxygen atoms in total. The minimum absolute atomic E-state index is 0.204. The molecule has 1 aromatic rings. The molecule has 2 rings (SSSR count). The van der Waals surface area contributed by atoms with Crippen LogP contribution in [0.5, 0.6) is 5.75 Å². The van der Waals surface area contributed by atoms with Crippen molar-refractivity contribution in [2.24, 2.45) is 5.92 Å². The summed E-state index contributed by atoms with van der Waals surface area (Å²) < 4.78 is 5.35. The molecule has 0 aromatic heterocycles. The van der Waals surface area contributed by atoms with E-state index in [1.165, 1.54) is 5.56 Å². The third kappa shape index (κ3) is 3.99. The normalized spacial score (nSPS) is 21.0. The summed E-state index contributed by atoms with van der Waals surface area (Å²) in [5.74, 6) is 3.68. The van der Waals surface area contributed by atoms with Gasteiger partial charge in [0.1, 0.15) is 12.4 Å². The molecule has 2 atom stereocenters. The van der Waals surface area contributed by atoms with Crippen LogP contribution >= 0.6 is 0 Å². The molecule has 0 amide bonds. The Kier molecular flexibility index (Phi) is 4.84. The predicted molar refractivity (Wildman–Crippen MR) is 75.8 cm³/mol. The van der Waals surface area contributed by atoms with Gasteiger partial charge in [-0.1, -0.05) is 18.1 Å². The Hall–Kier alpha value is -1.50. The summed E-state index contributed by atoms with van der Waals surface area (Å²) in [5.41, 5.74) is 1.26. The SMILES string of the molecule is C#CCOc1ccc(CN2CCC(C(C)O)C2)cc1. The number of terminal acetylenes is 1. The van der Waals surface area contributed by atoms with Crippen LogP contribution in [-0.2, 0) is 6.54 Å². The topological polar surface area (TPSA) is 32.7 Å². The predicted octanol–water partition coefficient (Wildman–Crippen LogP) is 1.90. The van der Waals surface area contributed by atoms with Crippen molar-refractivity contribution in [3.63, 3.8) is 0 Å². The molecule has 0 saturated carbocycles. The molecule has 1 aliphatic rings. The monoisotopic (exact) mass is 259 g/mol. The third-order valence-corrected chi connectivity index (χ3v) is 3.64. The molecule has 0 radical (unpaired) electrons. The van der Waals surface area contributed by atoms with Gasteiger partial charge >= 0.3 is 0 Å². The van der Waals surface area contributed by atoms with E-state index in [-0.39, 0.29) is 6.10 Å². The van der Waals surface area contributed by atoms with E-state index in [2.05, 4.69) is 23.0 Å². The van der Waals surface area contributed by atoms with Crippen molar-refractivity contribution >= 4 is 0 Å². The van der Waals surface area contributed by atoms with Gasteiger partial charge in [0, 0.05) is 13.1 Å². The van der Waals surface area contributed by atoms with Gasteiger partial charge < -0.3 is 9.84 Å². The van der Waals surface area contributed by atoms with E-state index >= 15 is 0 Å². The van der Waals surface area contributed by atoms with E-state index < -0.39 is 0 Å². The molecule has 3 heteroatoms. The number of hydrogen-bond acceptors (Lipinski definition) is 3. The lowest BCUT2D eigenvalue weighted by molar-refractivity contribution is 0.127. The second-order valence-electron chi connectivity index (χ2n) is 5.16. The molecule has 0 bridgehead atoms. The van der Waals surface area contributed by atoms with E-state index in [9.17, 15) is 5.11 Å². The zero-order chi connectivity index (χ0) is 13.7. The van der Waals surface area contributed by atoms with E-state index in [4.69, 9.17) is 11.2 Å². The van der Waals surface area contributed by atoms with Crippen molar-refractivity contribution in [1.29, 1.82) is 0 Å². The number of benzene rings is 1. The average molecular weight is 259 g/mol. The van der Waals surface area contributed by atoms with Gasteiger partial charge in [-0.25, -0.2) is 0 Å². The molecule has 0 spiro atoms. The molecule has 102 valence electrons. The van der Waals surface area contributed by atoms with Crippen molar-refractivity contribution in [2.75, 3.05) is 19.7 Å². The average Bonchev–Trinajstić information content (AvgIpc) is 2.87. The van der Waals surface area contributed by atoms with E-state index in [1.807, 2.05) is 19.1 Å². The van der Waals surface area contributed by atoms with Crippen molar-refractivity contribution in [3.8, 4) is 18.1 Å². The summed E-state index contributed by atoms with van der Waals surface area (Å²) >= 11 is 0.